The summed E-state index contributed by atoms with van der Waals surface area (Å²) in [4.78, 5) is 16.7. The van der Waals surface area contributed by atoms with E-state index in [2.05, 4.69) is 16.9 Å². The second-order valence-electron chi connectivity index (χ2n) is 5.88. The van der Waals surface area contributed by atoms with Crippen LogP contribution in [0.15, 0.2) is 29.3 Å². The third-order valence-corrected chi connectivity index (χ3v) is 4.34. The molecule has 106 valence electrons. The molecule has 1 heterocycles. The lowest BCUT2D eigenvalue weighted by Gasteiger charge is -2.29. The van der Waals surface area contributed by atoms with E-state index in [1.165, 1.54) is 0 Å². The number of aliphatic imine (C=N–C) groups is 1. The molecule has 0 bridgehead atoms. The molecule has 0 spiro atoms. The van der Waals surface area contributed by atoms with E-state index >= 15 is 0 Å². The van der Waals surface area contributed by atoms with Crippen molar-refractivity contribution in [2.75, 3.05) is 20.1 Å². The van der Waals surface area contributed by atoms with E-state index in [1.54, 1.807) is 6.08 Å². The molecule has 0 aromatic heterocycles. The molecular weight excluding hydrogens is 252 g/mol. The van der Waals surface area contributed by atoms with Crippen LogP contribution in [0.3, 0.4) is 0 Å². The molecule has 0 radical (unpaired) electrons. The van der Waals surface area contributed by atoms with Gasteiger partial charge in [-0.15, -0.1) is 0 Å². The van der Waals surface area contributed by atoms with Crippen molar-refractivity contribution >= 4 is 6.08 Å². The van der Waals surface area contributed by atoms with Crippen molar-refractivity contribution in [2.24, 2.45) is 4.99 Å². The topological polar surface area (TPSA) is 41.9 Å². The van der Waals surface area contributed by atoms with Gasteiger partial charge < -0.3 is 9.64 Å². The van der Waals surface area contributed by atoms with E-state index in [9.17, 15) is 4.79 Å². The van der Waals surface area contributed by atoms with Gasteiger partial charge in [-0.25, -0.2) is 4.79 Å². The normalized spacial score (nSPS) is 22.1. The van der Waals surface area contributed by atoms with Crippen LogP contribution in [-0.4, -0.2) is 37.2 Å². The van der Waals surface area contributed by atoms with Crippen LogP contribution in [0.5, 0.6) is 5.75 Å². The van der Waals surface area contributed by atoms with E-state index in [4.69, 9.17) is 4.74 Å². The van der Waals surface area contributed by atoms with Gasteiger partial charge in [-0.3, -0.25) is 0 Å². The van der Waals surface area contributed by atoms with Crippen LogP contribution in [0.4, 0.5) is 0 Å². The van der Waals surface area contributed by atoms with Crippen LogP contribution >= 0.6 is 0 Å². The second kappa shape index (κ2) is 5.39. The largest absolute Gasteiger partial charge is 0.490 e. The van der Waals surface area contributed by atoms with Crippen LogP contribution in [-0.2, 0) is 10.3 Å². The summed E-state index contributed by atoms with van der Waals surface area (Å²) in [5.74, 6) is 0.911. The molecule has 1 aliphatic carbocycles. The molecule has 1 aliphatic heterocycles. The summed E-state index contributed by atoms with van der Waals surface area (Å²) in [5.41, 5.74) is 0.810. The summed E-state index contributed by atoms with van der Waals surface area (Å²) in [5, 5.41) is 0. The fourth-order valence-electron chi connectivity index (χ4n) is 2.81. The molecule has 4 heteroatoms. The van der Waals surface area contributed by atoms with Crippen molar-refractivity contribution in [3.63, 3.8) is 0 Å². The first-order valence-corrected chi connectivity index (χ1v) is 7.27. The third kappa shape index (κ3) is 2.77. The van der Waals surface area contributed by atoms with Crippen LogP contribution in [0.1, 0.15) is 31.2 Å². The number of hydrogen-bond acceptors (Lipinski definition) is 4. The summed E-state index contributed by atoms with van der Waals surface area (Å²) in [6, 6.07) is 8.04. The highest BCUT2D eigenvalue weighted by molar-refractivity contribution is 5.42. The first kappa shape index (κ1) is 13.3. The van der Waals surface area contributed by atoms with Crippen LogP contribution in [0, 0.1) is 0 Å². The Morgan fingerprint density at radius 2 is 1.90 bits per heavy atom. The highest BCUT2D eigenvalue weighted by Crippen LogP contribution is 2.49. The maximum atomic E-state index is 10.5. The van der Waals surface area contributed by atoms with Crippen molar-refractivity contribution in [3.05, 3.63) is 29.8 Å². The van der Waals surface area contributed by atoms with E-state index in [0.29, 0.717) is 6.10 Å². The summed E-state index contributed by atoms with van der Waals surface area (Å²) >= 11 is 0. The molecule has 1 saturated heterocycles. The van der Waals surface area contributed by atoms with Crippen molar-refractivity contribution in [2.45, 2.75) is 37.3 Å². The zero-order valence-corrected chi connectivity index (χ0v) is 11.8. The lowest BCUT2D eigenvalue weighted by atomic mass is 10.1. The molecule has 2 fully saturated rings. The molecule has 2 aliphatic rings. The smallest absolute Gasteiger partial charge is 0.235 e. The Kier molecular flexibility index (Phi) is 3.60. The lowest BCUT2D eigenvalue weighted by molar-refractivity contribution is 0.114. The van der Waals surface area contributed by atoms with Crippen LogP contribution in [0.25, 0.3) is 0 Å². The van der Waals surface area contributed by atoms with Gasteiger partial charge in [0, 0.05) is 13.1 Å². The number of carbonyl (C=O) groups excluding carboxylic acids is 1. The first-order chi connectivity index (χ1) is 9.72. The molecule has 1 aromatic carbocycles. The molecule has 0 unspecified atom stereocenters. The molecule has 20 heavy (non-hydrogen) atoms. The highest BCUT2D eigenvalue weighted by Gasteiger charge is 2.44. The number of benzene rings is 1. The van der Waals surface area contributed by atoms with Crippen molar-refractivity contribution in [1.82, 2.24) is 4.90 Å². The Labute approximate surface area is 119 Å². The minimum Gasteiger partial charge on any atom is -0.490 e. The van der Waals surface area contributed by atoms with Gasteiger partial charge in [-0.2, -0.15) is 4.99 Å². The van der Waals surface area contributed by atoms with Gasteiger partial charge in [0.1, 0.15) is 11.9 Å². The van der Waals surface area contributed by atoms with Gasteiger partial charge in [0.05, 0.1) is 5.54 Å². The summed E-state index contributed by atoms with van der Waals surface area (Å²) in [6.45, 7) is 2.19. The summed E-state index contributed by atoms with van der Waals surface area (Å²) < 4.78 is 6.02. The maximum absolute atomic E-state index is 10.5. The van der Waals surface area contributed by atoms with Gasteiger partial charge in [-0.1, -0.05) is 12.1 Å². The standard InChI is InChI=1S/C16H20N2O2/c1-18-10-6-15(7-11-18)20-14-4-2-13(3-5-14)16(8-9-16)17-12-19/h2-5,15H,6-11H2,1H3. The molecular formula is C16H20N2O2. The number of likely N-dealkylation sites (tertiary alicyclic amines) is 1. The number of ether oxygens (including phenoxy) is 1. The van der Waals surface area contributed by atoms with Gasteiger partial charge in [0.15, 0.2) is 0 Å². The minimum atomic E-state index is -0.284. The molecule has 1 saturated carbocycles. The average molecular weight is 272 g/mol. The maximum Gasteiger partial charge on any atom is 0.235 e. The molecule has 0 N–H and O–H groups in total. The van der Waals surface area contributed by atoms with E-state index in [1.807, 2.05) is 24.3 Å². The van der Waals surface area contributed by atoms with Crippen molar-refractivity contribution < 1.29 is 9.53 Å². The van der Waals surface area contributed by atoms with Crippen molar-refractivity contribution in [3.8, 4) is 5.75 Å². The quantitative estimate of drug-likeness (QED) is 0.624. The SMILES string of the molecule is CN1CCC(Oc2ccc(C3(N=C=O)CC3)cc2)CC1. The number of hydrogen-bond donors (Lipinski definition) is 0. The van der Waals surface area contributed by atoms with Crippen LogP contribution in [0.2, 0.25) is 0 Å². The Morgan fingerprint density at radius 1 is 1.25 bits per heavy atom. The predicted molar refractivity (Wildman–Crippen MR) is 76.6 cm³/mol. The fraction of sp³-hybridized carbons (Fsp3) is 0.562. The molecule has 0 atom stereocenters. The van der Waals surface area contributed by atoms with Gasteiger partial charge in [0.2, 0.25) is 6.08 Å². The van der Waals surface area contributed by atoms with Crippen LogP contribution < -0.4 is 4.74 Å². The van der Waals surface area contributed by atoms with E-state index < -0.39 is 0 Å². The Morgan fingerprint density at radius 3 is 2.45 bits per heavy atom. The first-order valence-electron chi connectivity index (χ1n) is 7.27. The van der Waals surface area contributed by atoms with Crippen molar-refractivity contribution in [1.29, 1.82) is 0 Å². The molecule has 1 aromatic rings. The van der Waals surface area contributed by atoms with Gasteiger partial charge >= 0.3 is 0 Å². The Balaban J connectivity index is 1.63. The average Bonchev–Trinajstić information content (AvgIpc) is 3.24. The minimum absolute atomic E-state index is 0.284. The fourth-order valence-corrected chi connectivity index (χ4v) is 2.81. The Hall–Kier alpha value is -1.64. The summed E-state index contributed by atoms with van der Waals surface area (Å²) in [6.07, 6.45) is 6.06. The number of nitrogens with zero attached hydrogens (tertiary/aromatic N) is 2. The molecule has 3 rings (SSSR count). The lowest BCUT2D eigenvalue weighted by Crippen LogP contribution is -2.35. The highest BCUT2D eigenvalue weighted by atomic mass is 16.5. The number of piperidine rings is 1. The summed E-state index contributed by atoms with van der Waals surface area (Å²) in [7, 11) is 2.15. The van der Waals surface area contributed by atoms with Gasteiger partial charge in [0.25, 0.3) is 0 Å². The zero-order valence-electron chi connectivity index (χ0n) is 11.8. The monoisotopic (exact) mass is 272 g/mol. The molecule has 4 nitrogen and oxygen atoms in total. The zero-order chi connectivity index (χ0) is 14.0. The third-order valence-electron chi connectivity index (χ3n) is 4.34. The molecule has 0 amide bonds. The van der Waals surface area contributed by atoms with Gasteiger partial charge in [-0.05, 0) is 50.4 Å². The Bertz CT molecular complexity index is 508. The second-order valence-corrected chi connectivity index (χ2v) is 5.88. The van der Waals surface area contributed by atoms with E-state index in [-0.39, 0.29) is 5.54 Å². The predicted octanol–water partition coefficient (Wildman–Crippen LogP) is 2.48. The number of isocyanates is 1. The van der Waals surface area contributed by atoms with E-state index in [0.717, 1.165) is 50.1 Å². The number of rotatable bonds is 4.